The standard InChI is InChI=1S/C28H29NO7/c1-32-22-13-10-18(15-21(22)30)11-14-26(31)29-27-20(7-6-8-23(27)33-2)12-9-19-16-24(34-3)28(36-5)25(17-19)35-4/h6-17,30H,1-5H3,(H,29,31)/b12-9+,14-11+. The molecule has 3 aromatic carbocycles. The van der Waals surface area contributed by atoms with Crippen LogP contribution in [-0.2, 0) is 4.79 Å². The first-order chi connectivity index (χ1) is 17.4. The molecule has 0 aromatic heterocycles. The first-order valence-corrected chi connectivity index (χ1v) is 10.9. The summed E-state index contributed by atoms with van der Waals surface area (Å²) in [5, 5.41) is 12.8. The van der Waals surface area contributed by atoms with E-state index in [9.17, 15) is 9.90 Å². The highest BCUT2D eigenvalue weighted by Gasteiger charge is 2.13. The predicted molar refractivity (Wildman–Crippen MR) is 140 cm³/mol. The maximum atomic E-state index is 12.7. The van der Waals surface area contributed by atoms with Gasteiger partial charge < -0.3 is 34.1 Å². The predicted octanol–water partition coefficient (Wildman–Crippen LogP) is 5.26. The van der Waals surface area contributed by atoms with Crippen LogP contribution in [0.5, 0.6) is 34.5 Å². The van der Waals surface area contributed by atoms with Crippen molar-refractivity contribution in [2.24, 2.45) is 0 Å². The Kier molecular flexibility index (Phi) is 8.83. The number of ether oxygens (including phenoxy) is 5. The number of para-hydroxylation sites is 1. The Bertz CT molecular complexity index is 1260. The van der Waals surface area contributed by atoms with E-state index in [1.165, 1.54) is 26.4 Å². The van der Waals surface area contributed by atoms with Crippen molar-refractivity contribution in [1.29, 1.82) is 0 Å². The lowest BCUT2D eigenvalue weighted by Crippen LogP contribution is -2.10. The summed E-state index contributed by atoms with van der Waals surface area (Å²) in [6, 6.07) is 14.0. The van der Waals surface area contributed by atoms with Crippen molar-refractivity contribution in [3.05, 3.63) is 71.3 Å². The van der Waals surface area contributed by atoms with Crippen LogP contribution in [0.15, 0.2) is 54.6 Å². The average molecular weight is 492 g/mol. The van der Waals surface area contributed by atoms with Gasteiger partial charge in [0.05, 0.1) is 41.2 Å². The fourth-order valence-electron chi connectivity index (χ4n) is 3.52. The highest BCUT2D eigenvalue weighted by molar-refractivity contribution is 6.04. The molecule has 0 radical (unpaired) electrons. The summed E-state index contributed by atoms with van der Waals surface area (Å²) in [5.41, 5.74) is 2.69. The molecular weight excluding hydrogens is 462 g/mol. The molecule has 3 rings (SSSR count). The summed E-state index contributed by atoms with van der Waals surface area (Å²) in [4.78, 5) is 12.7. The number of nitrogens with one attached hydrogen (secondary N) is 1. The van der Waals surface area contributed by atoms with Crippen molar-refractivity contribution in [3.8, 4) is 34.5 Å². The van der Waals surface area contributed by atoms with E-state index in [4.69, 9.17) is 23.7 Å². The van der Waals surface area contributed by atoms with Gasteiger partial charge in [0, 0.05) is 11.6 Å². The first kappa shape index (κ1) is 26.0. The molecule has 0 heterocycles. The molecule has 0 saturated heterocycles. The van der Waals surface area contributed by atoms with Gasteiger partial charge in [-0.1, -0.05) is 30.4 Å². The molecule has 2 N–H and O–H groups in total. The molecular formula is C28H29NO7. The molecule has 0 aliphatic carbocycles. The van der Waals surface area contributed by atoms with Crippen LogP contribution in [-0.4, -0.2) is 46.6 Å². The first-order valence-electron chi connectivity index (χ1n) is 10.9. The number of amides is 1. The monoisotopic (exact) mass is 491 g/mol. The maximum absolute atomic E-state index is 12.7. The summed E-state index contributed by atoms with van der Waals surface area (Å²) in [6.45, 7) is 0. The quantitative estimate of drug-likeness (QED) is 0.295. The number of phenolic OH excluding ortho intramolecular Hbond substituents is 1. The Morgan fingerprint density at radius 3 is 1.97 bits per heavy atom. The molecule has 0 bridgehead atoms. The number of rotatable bonds is 10. The highest BCUT2D eigenvalue weighted by atomic mass is 16.5. The van der Waals surface area contributed by atoms with Gasteiger partial charge in [-0.3, -0.25) is 4.79 Å². The summed E-state index contributed by atoms with van der Waals surface area (Å²) >= 11 is 0. The minimum absolute atomic E-state index is 0.0102. The Hall–Kier alpha value is -4.59. The van der Waals surface area contributed by atoms with Crippen LogP contribution in [0.2, 0.25) is 0 Å². The number of phenols is 1. The van der Waals surface area contributed by atoms with Crippen LogP contribution in [0, 0.1) is 0 Å². The molecule has 8 heteroatoms. The van der Waals surface area contributed by atoms with Gasteiger partial charge in [0.1, 0.15) is 5.75 Å². The van der Waals surface area contributed by atoms with Crippen LogP contribution >= 0.6 is 0 Å². The van der Waals surface area contributed by atoms with Crippen molar-refractivity contribution in [1.82, 2.24) is 0 Å². The number of aromatic hydroxyl groups is 1. The second-order valence-corrected chi connectivity index (χ2v) is 7.47. The summed E-state index contributed by atoms with van der Waals surface area (Å²) in [5.74, 6) is 2.06. The zero-order chi connectivity index (χ0) is 26.1. The molecule has 3 aromatic rings. The SMILES string of the molecule is COc1ccc(/C=C/C(=O)Nc2c(/C=C/c3cc(OC)c(OC)c(OC)c3)cccc2OC)cc1O. The third-order valence-electron chi connectivity index (χ3n) is 5.30. The van der Waals surface area contributed by atoms with E-state index in [1.807, 2.05) is 36.4 Å². The van der Waals surface area contributed by atoms with Gasteiger partial charge in [-0.15, -0.1) is 0 Å². The van der Waals surface area contributed by atoms with E-state index in [1.54, 1.807) is 45.6 Å². The highest BCUT2D eigenvalue weighted by Crippen LogP contribution is 2.39. The van der Waals surface area contributed by atoms with E-state index in [0.29, 0.717) is 40.0 Å². The number of carbonyl (C=O) groups excluding carboxylic acids is 1. The van der Waals surface area contributed by atoms with Gasteiger partial charge >= 0.3 is 0 Å². The van der Waals surface area contributed by atoms with Crippen LogP contribution in [0.4, 0.5) is 5.69 Å². The molecule has 0 saturated carbocycles. The largest absolute Gasteiger partial charge is 0.504 e. The van der Waals surface area contributed by atoms with Gasteiger partial charge in [0.2, 0.25) is 11.7 Å². The van der Waals surface area contributed by atoms with Gasteiger partial charge in [0.15, 0.2) is 23.0 Å². The third-order valence-corrected chi connectivity index (χ3v) is 5.30. The second kappa shape index (κ2) is 12.2. The molecule has 0 fully saturated rings. The average Bonchev–Trinajstić information content (AvgIpc) is 2.90. The number of anilines is 1. The third kappa shape index (κ3) is 6.09. The molecule has 0 unspecified atom stereocenters. The normalized spacial score (nSPS) is 10.9. The maximum Gasteiger partial charge on any atom is 0.248 e. The zero-order valence-corrected chi connectivity index (χ0v) is 20.8. The van der Waals surface area contributed by atoms with E-state index in [0.717, 1.165) is 11.1 Å². The van der Waals surface area contributed by atoms with Gasteiger partial charge in [-0.05, 0) is 47.5 Å². The van der Waals surface area contributed by atoms with E-state index in [-0.39, 0.29) is 11.7 Å². The van der Waals surface area contributed by atoms with Gasteiger partial charge in [-0.2, -0.15) is 0 Å². The molecule has 0 aliphatic rings. The topological polar surface area (TPSA) is 95.5 Å². The van der Waals surface area contributed by atoms with Gasteiger partial charge in [0.25, 0.3) is 0 Å². The Morgan fingerprint density at radius 1 is 0.722 bits per heavy atom. The molecule has 0 atom stereocenters. The number of carbonyl (C=O) groups is 1. The Labute approximate surface area is 210 Å². The smallest absolute Gasteiger partial charge is 0.248 e. The van der Waals surface area contributed by atoms with Crippen molar-refractivity contribution < 1.29 is 33.6 Å². The van der Waals surface area contributed by atoms with Crippen molar-refractivity contribution in [2.75, 3.05) is 40.9 Å². The van der Waals surface area contributed by atoms with Crippen molar-refractivity contribution >= 4 is 29.8 Å². The lowest BCUT2D eigenvalue weighted by Gasteiger charge is -2.13. The van der Waals surface area contributed by atoms with Crippen LogP contribution in [0.25, 0.3) is 18.2 Å². The van der Waals surface area contributed by atoms with Crippen LogP contribution < -0.4 is 29.0 Å². The zero-order valence-electron chi connectivity index (χ0n) is 20.8. The number of hydrogen-bond acceptors (Lipinski definition) is 7. The molecule has 8 nitrogen and oxygen atoms in total. The minimum atomic E-state index is -0.364. The van der Waals surface area contributed by atoms with Crippen LogP contribution in [0.3, 0.4) is 0 Å². The molecule has 188 valence electrons. The van der Waals surface area contributed by atoms with Crippen LogP contribution in [0.1, 0.15) is 16.7 Å². The number of hydrogen-bond donors (Lipinski definition) is 2. The van der Waals surface area contributed by atoms with Gasteiger partial charge in [-0.25, -0.2) is 0 Å². The minimum Gasteiger partial charge on any atom is -0.504 e. The fourth-order valence-corrected chi connectivity index (χ4v) is 3.52. The molecule has 0 aliphatic heterocycles. The Morgan fingerprint density at radius 2 is 1.39 bits per heavy atom. The Balaban J connectivity index is 1.87. The molecule has 1 amide bonds. The second-order valence-electron chi connectivity index (χ2n) is 7.47. The lowest BCUT2D eigenvalue weighted by molar-refractivity contribution is -0.111. The molecule has 0 spiro atoms. The molecule has 36 heavy (non-hydrogen) atoms. The summed E-state index contributed by atoms with van der Waals surface area (Å²) in [6.07, 6.45) is 6.69. The van der Waals surface area contributed by atoms with Crippen molar-refractivity contribution in [3.63, 3.8) is 0 Å². The van der Waals surface area contributed by atoms with E-state index >= 15 is 0 Å². The summed E-state index contributed by atoms with van der Waals surface area (Å²) in [7, 11) is 7.67. The lowest BCUT2D eigenvalue weighted by atomic mass is 10.1. The summed E-state index contributed by atoms with van der Waals surface area (Å²) < 4.78 is 26.7. The fraction of sp³-hybridized carbons (Fsp3) is 0.179. The number of benzene rings is 3. The van der Waals surface area contributed by atoms with E-state index in [2.05, 4.69) is 5.32 Å². The number of methoxy groups -OCH3 is 5. The van der Waals surface area contributed by atoms with Crippen molar-refractivity contribution in [2.45, 2.75) is 0 Å². The van der Waals surface area contributed by atoms with E-state index < -0.39 is 0 Å².